The van der Waals surface area contributed by atoms with Gasteiger partial charge < -0.3 is 14.7 Å². The molecule has 2 atom stereocenters. The number of carboxylic acid groups (broad SMARTS) is 1. The first-order valence-electron chi connectivity index (χ1n) is 6.21. The van der Waals surface area contributed by atoms with E-state index in [1.54, 1.807) is 18.9 Å². The van der Waals surface area contributed by atoms with Crippen LogP contribution in [0.4, 0.5) is 11.5 Å². The van der Waals surface area contributed by atoms with Crippen molar-refractivity contribution in [3.8, 4) is 0 Å². The number of ether oxygens (including phenoxy) is 1. The van der Waals surface area contributed by atoms with Gasteiger partial charge in [-0.1, -0.05) is 0 Å². The zero-order valence-electron chi connectivity index (χ0n) is 11.2. The fourth-order valence-electron chi connectivity index (χ4n) is 2.42. The molecule has 1 aliphatic rings. The van der Waals surface area contributed by atoms with Crippen molar-refractivity contribution in [2.24, 2.45) is 13.0 Å². The van der Waals surface area contributed by atoms with Crippen LogP contribution < -0.4 is 4.90 Å². The Labute approximate surface area is 114 Å². The highest BCUT2D eigenvalue weighted by Gasteiger charge is 2.40. The van der Waals surface area contributed by atoms with Crippen molar-refractivity contribution in [3.63, 3.8) is 0 Å². The van der Waals surface area contributed by atoms with Crippen molar-refractivity contribution in [2.45, 2.75) is 13.0 Å². The lowest BCUT2D eigenvalue weighted by molar-refractivity contribution is -0.384. The Hall–Kier alpha value is -2.16. The van der Waals surface area contributed by atoms with E-state index in [0.717, 1.165) is 0 Å². The maximum absolute atomic E-state index is 11.2. The number of rotatable bonds is 5. The third-order valence-corrected chi connectivity index (χ3v) is 3.37. The molecule has 20 heavy (non-hydrogen) atoms. The highest BCUT2D eigenvalue weighted by Crippen LogP contribution is 2.31. The van der Waals surface area contributed by atoms with Crippen molar-refractivity contribution in [3.05, 3.63) is 16.3 Å². The van der Waals surface area contributed by atoms with Crippen LogP contribution in [0.25, 0.3) is 0 Å². The van der Waals surface area contributed by atoms with Crippen molar-refractivity contribution in [1.29, 1.82) is 0 Å². The SMILES string of the molecule is CCN(c1nn(C)cc1[N+](=O)[O-])C1COCC1C(=O)O. The van der Waals surface area contributed by atoms with Gasteiger partial charge in [0.1, 0.15) is 12.1 Å². The molecule has 110 valence electrons. The Morgan fingerprint density at radius 1 is 1.70 bits per heavy atom. The minimum Gasteiger partial charge on any atom is -0.481 e. The van der Waals surface area contributed by atoms with Crippen molar-refractivity contribution < 1.29 is 19.6 Å². The van der Waals surface area contributed by atoms with Gasteiger partial charge in [-0.05, 0) is 6.92 Å². The number of nitro groups is 1. The van der Waals surface area contributed by atoms with E-state index in [-0.39, 0.29) is 24.7 Å². The molecule has 1 aliphatic heterocycles. The zero-order chi connectivity index (χ0) is 14.9. The minimum absolute atomic E-state index is 0.108. The molecule has 2 rings (SSSR count). The zero-order valence-corrected chi connectivity index (χ0v) is 11.2. The van der Waals surface area contributed by atoms with Gasteiger partial charge in [-0.15, -0.1) is 5.10 Å². The van der Waals surface area contributed by atoms with Crippen LogP contribution in [0.2, 0.25) is 0 Å². The van der Waals surface area contributed by atoms with E-state index in [9.17, 15) is 20.0 Å². The van der Waals surface area contributed by atoms with Crippen LogP contribution >= 0.6 is 0 Å². The first kappa shape index (κ1) is 14.3. The van der Waals surface area contributed by atoms with E-state index in [1.165, 1.54) is 10.9 Å². The maximum Gasteiger partial charge on any atom is 0.330 e. The number of aromatic nitrogens is 2. The van der Waals surface area contributed by atoms with Crippen molar-refractivity contribution in [2.75, 3.05) is 24.7 Å². The number of hydrogen-bond donors (Lipinski definition) is 1. The molecular formula is C11H16N4O5. The van der Waals surface area contributed by atoms with Gasteiger partial charge in [0.15, 0.2) is 0 Å². The van der Waals surface area contributed by atoms with E-state index in [1.807, 2.05) is 0 Å². The number of hydrogen-bond acceptors (Lipinski definition) is 6. The molecule has 0 aliphatic carbocycles. The normalized spacial score (nSPS) is 21.9. The summed E-state index contributed by atoms with van der Waals surface area (Å²) >= 11 is 0. The molecule has 0 spiro atoms. The molecular weight excluding hydrogens is 268 g/mol. The van der Waals surface area contributed by atoms with Gasteiger partial charge in [0, 0.05) is 13.6 Å². The highest BCUT2D eigenvalue weighted by molar-refractivity contribution is 5.73. The fourth-order valence-corrected chi connectivity index (χ4v) is 2.42. The quantitative estimate of drug-likeness (QED) is 0.609. The molecule has 1 aromatic heterocycles. The predicted octanol–water partition coefficient (Wildman–Crippen LogP) is 0.254. The van der Waals surface area contributed by atoms with Gasteiger partial charge in [0.2, 0.25) is 5.82 Å². The second kappa shape index (κ2) is 5.45. The van der Waals surface area contributed by atoms with Crippen molar-refractivity contribution in [1.82, 2.24) is 9.78 Å². The van der Waals surface area contributed by atoms with Gasteiger partial charge in [-0.25, -0.2) is 0 Å². The summed E-state index contributed by atoms with van der Waals surface area (Å²) in [5, 5.41) is 24.4. The summed E-state index contributed by atoms with van der Waals surface area (Å²) < 4.78 is 6.56. The topological polar surface area (TPSA) is 111 Å². The van der Waals surface area contributed by atoms with Crippen LogP contribution in [-0.4, -0.2) is 51.6 Å². The van der Waals surface area contributed by atoms with Crippen molar-refractivity contribution >= 4 is 17.5 Å². The molecule has 0 amide bonds. The smallest absolute Gasteiger partial charge is 0.330 e. The number of aliphatic carboxylic acids is 1. The van der Waals surface area contributed by atoms with Crippen LogP contribution in [0.1, 0.15) is 6.92 Å². The van der Waals surface area contributed by atoms with E-state index in [2.05, 4.69) is 5.10 Å². The first-order valence-corrected chi connectivity index (χ1v) is 6.21. The molecule has 0 bridgehead atoms. The summed E-state index contributed by atoms with van der Waals surface area (Å²) in [5.41, 5.74) is -0.134. The summed E-state index contributed by atoms with van der Waals surface area (Å²) in [6, 6.07) is -0.453. The van der Waals surface area contributed by atoms with Gasteiger partial charge in [-0.2, -0.15) is 0 Å². The summed E-state index contributed by atoms with van der Waals surface area (Å²) in [5.74, 6) is -1.50. The molecule has 1 fully saturated rings. The molecule has 2 unspecified atom stereocenters. The monoisotopic (exact) mass is 284 g/mol. The Kier molecular flexibility index (Phi) is 3.89. The molecule has 9 nitrogen and oxygen atoms in total. The standard InChI is InChI=1S/C11H16N4O5/c1-3-14(9-6-20-5-7(9)11(16)17)10-8(15(18)19)4-13(2)12-10/h4,7,9H,3,5-6H2,1-2H3,(H,16,17). The van der Waals surface area contributed by atoms with E-state index in [4.69, 9.17) is 4.74 Å². The molecule has 2 heterocycles. The van der Waals surface area contributed by atoms with Gasteiger partial charge >= 0.3 is 11.7 Å². The predicted molar refractivity (Wildman–Crippen MR) is 68.6 cm³/mol. The number of nitrogens with zero attached hydrogens (tertiary/aromatic N) is 4. The summed E-state index contributed by atoms with van der Waals surface area (Å²) in [6.45, 7) is 2.54. The van der Waals surface area contributed by atoms with Crippen LogP contribution in [0, 0.1) is 16.0 Å². The second-order valence-electron chi connectivity index (χ2n) is 4.60. The van der Waals surface area contributed by atoms with Crippen LogP contribution in [0.5, 0.6) is 0 Å². The molecule has 1 saturated heterocycles. The second-order valence-corrected chi connectivity index (χ2v) is 4.60. The lowest BCUT2D eigenvalue weighted by Crippen LogP contribution is -2.43. The first-order chi connectivity index (χ1) is 9.45. The van der Waals surface area contributed by atoms with E-state index in [0.29, 0.717) is 6.54 Å². The average Bonchev–Trinajstić information content (AvgIpc) is 2.97. The number of aryl methyl sites for hydroxylation is 1. The molecule has 9 heteroatoms. The third-order valence-electron chi connectivity index (χ3n) is 3.37. The molecule has 0 radical (unpaired) electrons. The van der Waals surface area contributed by atoms with Crippen LogP contribution in [0.3, 0.4) is 0 Å². The molecule has 0 aromatic carbocycles. The summed E-state index contributed by atoms with van der Waals surface area (Å²) in [4.78, 5) is 23.4. The minimum atomic E-state index is -0.968. The fraction of sp³-hybridized carbons (Fsp3) is 0.636. The van der Waals surface area contributed by atoms with Crippen LogP contribution in [-0.2, 0) is 16.6 Å². The molecule has 0 saturated carbocycles. The Balaban J connectivity index is 2.37. The van der Waals surface area contributed by atoms with Gasteiger partial charge in [0.05, 0.1) is 24.2 Å². The maximum atomic E-state index is 11.2. The van der Waals surface area contributed by atoms with Gasteiger partial charge in [-0.3, -0.25) is 19.6 Å². The lowest BCUT2D eigenvalue weighted by atomic mass is 10.0. The Bertz CT molecular complexity index is 529. The van der Waals surface area contributed by atoms with Gasteiger partial charge in [0.25, 0.3) is 0 Å². The number of carboxylic acids is 1. The number of anilines is 1. The van der Waals surface area contributed by atoms with E-state index >= 15 is 0 Å². The average molecular weight is 284 g/mol. The van der Waals surface area contributed by atoms with Crippen LogP contribution in [0.15, 0.2) is 6.20 Å². The number of carbonyl (C=O) groups is 1. The molecule has 1 N–H and O–H groups in total. The Morgan fingerprint density at radius 2 is 2.40 bits per heavy atom. The summed E-state index contributed by atoms with van der Waals surface area (Å²) in [7, 11) is 1.59. The molecule has 1 aromatic rings. The lowest BCUT2D eigenvalue weighted by Gasteiger charge is -2.28. The third kappa shape index (κ3) is 2.44. The number of likely N-dealkylation sites (N-methyl/N-ethyl adjacent to an activating group) is 1. The largest absolute Gasteiger partial charge is 0.481 e. The van der Waals surface area contributed by atoms with E-state index < -0.39 is 22.9 Å². The Morgan fingerprint density at radius 3 is 2.95 bits per heavy atom. The summed E-state index contributed by atoms with van der Waals surface area (Å²) in [6.07, 6.45) is 1.31. The highest BCUT2D eigenvalue weighted by atomic mass is 16.6.